The van der Waals surface area contributed by atoms with Crippen LogP contribution in [0.15, 0.2) is 24.3 Å². The van der Waals surface area contributed by atoms with E-state index in [2.05, 4.69) is 54.8 Å². The molecule has 1 heterocycles. The van der Waals surface area contributed by atoms with Crippen molar-refractivity contribution >= 4 is 0 Å². The Balaban J connectivity index is 1.68. The molecule has 1 aromatic rings. The third-order valence-electron chi connectivity index (χ3n) is 4.38. The summed E-state index contributed by atoms with van der Waals surface area (Å²) in [5, 5.41) is 9.43. The summed E-state index contributed by atoms with van der Waals surface area (Å²) in [5.74, 6) is 0.950. The fourth-order valence-electron chi connectivity index (χ4n) is 2.91. The Morgan fingerprint density at radius 2 is 1.61 bits per heavy atom. The monoisotopic (exact) mass is 320 g/mol. The Morgan fingerprint density at radius 3 is 2.13 bits per heavy atom. The third-order valence-corrected chi connectivity index (χ3v) is 4.38. The number of β-amino-alcohol motifs (C(OH)–C–C–N with tert-alkyl or cyclic N) is 1. The van der Waals surface area contributed by atoms with Crippen molar-refractivity contribution in [3.63, 3.8) is 0 Å². The maximum atomic E-state index is 9.43. The molecule has 4 nitrogen and oxygen atoms in total. The van der Waals surface area contributed by atoms with Gasteiger partial charge < -0.3 is 9.84 Å². The number of aliphatic hydroxyl groups is 1. The number of benzene rings is 1. The third kappa shape index (κ3) is 6.13. The summed E-state index contributed by atoms with van der Waals surface area (Å²) in [5.41, 5.74) is 1.52. The van der Waals surface area contributed by atoms with Gasteiger partial charge in [0.2, 0.25) is 0 Å². The highest BCUT2D eigenvalue weighted by atomic mass is 16.5. The first kappa shape index (κ1) is 18.2. The van der Waals surface area contributed by atoms with Gasteiger partial charge in [0, 0.05) is 39.3 Å². The first-order valence-corrected chi connectivity index (χ1v) is 8.71. The number of rotatable bonds is 6. The second-order valence-electron chi connectivity index (χ2n) is 7.61. The topological polar surface area (TPSA) is 35.9 Å². The zero-order valence-electron chi connectivity index (χ0n) is 15.1. The Morgan fingerprint density at radius 1 is 1.04 bits per heavy atom. The van der Waals surface area contributed by atoms with E-state index in [-0.39, 0.29) is 11.5 Å². The van der Waals surface area contributed by atoms with Crippen molar-refractivity contribution in [1.29, 1.82) is 0 Å². The number of hydrogen-bond acceptors (Lipinski definition) is 4. The molecule has 0 radical (unpaired) electrons. The molecule has 2 rings (SSSR count). The smallest absolute Gasteiger partial charge is 0.119 e. The van der Waals surface area contributed by atoms with Crippen LogP contribution in [0.4, 0.5) is 0 Å². The molecule has 0 amide bonds. The van der Waals surface area contributed by atoms with E-state index in [0.29, 0.717) is 0 Å². The normalized spacial score (nSPS) is 18.8. The fourth-order valence-corrected chi connectivity index (χ4v) is 2.91. The molecule has 1 N–H and O–H groups in total. The van der Waals surface area contributed by atoms with Crippen molar-refractivity contribution < 1.29 is 9.84 Å². The number of nitrogens with zero attached hydrogens (tertiary/aromatic N) is 2. The lowest BCUT2D eigenvalue weighted by molar-refractivity contribution is 0.0750. The standard InChI is InChI=1S/C19H32N2O2/c1-16(22)15-21-11-9-20(10-12-21)13-14-23-18-7-5-17(6-8-18)19(2,3)4/h5-8,16,22H,9-15H2,1-4H3/t16-/m1/s1. The summed E-state index contributed by atoms with van der Waals surface area (Å²) >= 11 is 0. The van der Waals surface area contributed by atoms with Crippen molar-refractivity contribution in [3.05, 3.63) is 29.8 Å². The predicted molar refractivity (Wildman–Crippen MR) is 95.2 cm³/mol. The molecule has 0 unspecified atom stereocenters. The zero-order valence-corrected chi connectivity index (χ0v) is 15.1. The van der Waals surface area contributed by atoms with Crippen LogP contribution in [0.2, 0.25) is 0 Å². The Bertz CT molecular complexity index is 457. The van der Waals surface area contributed by atoms with Gasteiger partial charge in [0.25, 0.3) is 0 Å². The molecule has 23 heavy (non-hydrogen) atoms. The maximum absolute atomic E-state index is 9.43. The van der Waals surface area contributed by atoms with Gasteiger partial charge in [-0.25, -0.2) is 0 Å². The summed E-state index contributed by atoms with van der Waals surface area (Å²) in [6.45, 7) is 15.2. The average molecular weight is 320 g/mol. The van der Waals surface area contributed by atoms with E-state index in [9.17, 15) is 5.11 Å². The lowest BCUT2D eigenvalue weighted by atomic mass is 9.87. The van der Waals surface area contributed by atoms with E-state index in [1.54, 1.807) is 0 Å². The van der Waals surface area contributed by atoms with Crippen LogP contribution in [0.1, 0.15) is 33.3 Å². The molecule has 0 bridgehead atoms. The van der Waals surface area contributed by atoms with Crippen LogP contribution in [0.5, 0.6) is 5.75 Å². The fraction of sp³-hybridized carbons (Fsp3) is 0.684. The summed E-state index contributed by atoms with van der Waals surface area (Å²) in [6, 6.07) is 8.46. The van der Waals surface area contributed by atoms with Crippen LogP contribution >= 0.6 is 0 Å². The molecule has 130 valence electrons. The van der Waals surface area contributed by atoms with E-state index in [4.69, 9.17) is 4.74 Å². The van der Waals surface area contributed by atoms with Gasteiger partial charge >= 0.3 is 0 Å². The number of piperazine rings is 1. The lowest BCUT2D eigenvalue weighted by Crippen LogP contribution is -2.49. The van der Waals surface area contributed by atoms with Crippen LogP contribution in [0, 0.1) is 0 Å². The van der Waals surface area contributed by atoms with Crippen molar-refractivity contribution in [1.82, 2.24) is 9.80 Å². The Hall–Kier alpha value is -1.10. The van der Waals surface area contributed by atoms with Crippen LogP contribution < -0.4 is 4.74 Å². The van der Waals surface area contributed by atoms with Gasteiger partial charge in [0.1, 0.15) is 12.4 Å². The Labute approximate surface area is 141 Å². The molecule has 0 aromatic heterocycles. The first-order chi connectivity index (χ1) is 10.8. The van der Waals surface area contributed by atoms with Gasteiger partial charge in [-0.3, -0.25) is 9.80 Å². The Kier molecular flexibility index (Phi) is 6.45. The maximum Gasteiger partial charge on any atom is 0.119 e. The highest BCUT2D eigenvalue weighted by Crippen LogP contribution is 2.24. The van der Waals surface area contributed by atoms with Crippen molar-refractivity contribution in [2.24, 2.45) is 0 Å². The molecule has 4 heteroatoms. The minimum Gasteiger partial charge on any atom is -0.492 e. The van der Waals surface area contributed by atoms with Crippen LogP contribution in [-0.2, 0) is 5.41 Å². The molecule has 1 fully saturated rings. The second-order valence-corrected chi connectivity index (χ2v) is 7.61. The van der Waals surface area contributed by atoms with E-state index in [1.807, 2.05) is 6.92 Å². The first-order valence-electron chi connectivity index (χ1n) is 8.71. The van der Waals surface area contributed by atoms with E-state index < -0.39 is 0 Å². The van der Waals surface area contributed by atoms with Gasteiger partial charge in [0.15, 0.2) is 0 Å². The summed E-state index contributed by atoms with van der Waals surface area (Å²) < 4.78 is 5.87. The highest BCUT2D eigenvalue weighted by molar-refractivity contribution is 5.31. The quantitative estimate of drug-likeness (QED) is 0.873. The van der Waals surface area contributed by atoms with Gasteiger partial charge in [-0.15, -0.1) is 0 Å². The van der Waals surface area contributed by atoms with Crippen LogP contribution in [-0.4, -0.2) is 66.9 Å². The molecule has 1 aliphatic heterocycles. The molecule has 1 aliphatic rings. The molecule has 0 aliphatic carbocycles. The van der Waals surface area contributed by atoms with Crippen LogP contribution in [0.25, 0.3) is 0 Å². The minimum atomic E-state index is -0.235. The number of hydrogen-bond donors (Lipinski definition) is 1. The second kappa shape index (κ2) is 8.13. The van der Waals surface area contributed by atoms with Crippen molar-refractivity contribution in [3.8, 4) is 5.75 Å². The van der Waals surface area contributed by atoms with E-state index in [0.717, 1.165) is 51.6 Å². The summed E-state index contributed by atoms with van der Waals surface area (Å²) in [4.78, 5) is 4.76. The molecule has 0 spiro atoms. The molecule has 1 saturated heterocycles. The van der Waals surface area contributed by atoms with Crippen molar-refractivity contribution in [2.45, 2.75) is 39.2 Å². The molecule has 0 saturated carbocycles. The molecular weight excluding hydrogens is 288 g/mol. The molecule has 1 atom stereocenters. The van der Waals surface area contributed by atoms with E-state index >= 15 is 0 Å². The summed E-state index contributed by atoms with van der Waals surface area (Å²) in [6.07, 6.45) is -0.235. The van der Waals surface area contributed by atoms with E-state index in [1.165, 1.54) is 5.56 Å². The average Bonchev–Trinajstić information content (AvgIpc) is 2.48. The summed E-state index contributed by atoms with van der Waals surface area (Å²) in [7, 11) is 0. The minimum absolute atomic E-state index is 0.185. The predicted octanol–water partition coefficient (Wildman–Crippen LogP) is 2.36. The van der Waals surface area contributed by atoms with Crippen molar-refractivity contribution in [2.75, 3.05) is 45.9 Å². The largest absolute Gasteiger partial charge is 0.492 e. The van der Waals surface area contributed by atoms with Gasteiger partial charge in [0.05, 0.1) is 6.10 Å². The molecule has 1 aromatic carbocycles. The van der Waals surface area contributed by atoms with Gasteiger partial charge in [-0.05, 0) is 30.0 Å². The highest BCUT2D eigenvalue weighted by Gasteiger charge is 2.17. The number of ether oxygens (including phenoxy) is 1. The lowest BCUT2D eigenvalue weighted by Gasteiger charge is -2.35. The van der Waals surface area contributed by atoms with Gasteiger partial charge in [-0.2, -0.15) is 0 Å². The van der Waals surface area contributed by atoms with Crippen LogP contribution in [0.3, 0.4) is 0 Å². The SMILES string of the molecule is C[C@@H](O)CN1CCN(CCOc2ccc(C(C)(C)C)cc2)CC1. The number of aliphatic hydroxyl groups excluding tert-OH is 1. The van der Waals surface area contributed by atoms with Gasteiger partial charge in [-0.1, -0.05) is 32.9 Å². The molecular formula is C19H32N2O2. The zero-order chi connectivity index (χ0) is 16.9.